The third-order valence-corrected chi connectivity index (χ3v) is 14.9. The molecule has 0 atom stereocenters. The summed E-state index contributed by atoms with van der Waals surface area (Å²) in [5, 5.41) is 4.95. The molecule has 0 N–H and O–H groups in total. The van der Waals surface area contributed by atoms with Crippen LogP contribution in [-0.4, -0.2) is 9.13 Å². The summed E-state index contributed by atoms with van der Waals surface area (Å²) in [7, 11) is 0. The number of rotatable bonds is 9. The molecule has 14 aromatic rings. The Hall–Kier alpha value is -9.76. The maximum atomic E-state index is 2.44. The fourth-order valence-corrected chi connectivity index (χ4v) is 11.4. The van der Waals surface area contributed by atoms with Crippen molar-refractivity contribution < 1.29 is 0 Å². The van der Waals surface area contributed by atoms with Crippen LogP contribution in [0, 0.1) is 0 Å². The second kappa shape index (κ2) is 18.1. The van der Waals surface area contributed by atoms with E-state index in [9.17, 15) is 0 Å². The van der Waals surface area contributed by atoms with E-state index in [4.69, 9.17) is 0 Å². The van der Waals surface area contributed by atoms with Gasteiger partial charge in [-0.2, -0.15) is 0 Å². The maximum absolute atomic E-state index is 2.44. The van der Waals surface area contributed by atoms with Gasteiger partial charge in [0.1, 0.15) is 0 Å². The highest BCUT2D eigenvalue weighted by Crippen LogP contribution is 2.43. The molecule has 0 saturated carbocycles. The van der Waals surface area contributed by atoms with Crippen molar-refractivity contribution in [2.75, 3.05) is 0 Å². The van der Waals surface area contributed by atoms with E-state index in [1.54, 1.807) is 0 Å². The van der Waals surface area contributed by atoms with Gasteiger partial charge in [0.25, 0.3) is 0 Å². The number of aromatic nitrogens is 2. The molecule has 14 rings (SSSR count). The summed E-state index contributed by atoms with van der Waals surface area (Å²) >= 11 is 0. The van der Waals surface area contributed by atoms with Crippen molar-refractivity contribution in [3.8, 4) is 89.3 Å². The van der Waals surface area contributed by atoms with Gasteiger partial charge in [-0.3, -0.25) is 0 Å². The molecule has 0 radical (unpaired) electrons. The quantitative estimate of drug-likeness (QED) is 0.136. The van der Waals surface area contributed by atoms with Gasteiger partial charge in [-0.1, -0.05) is 224 Å². The van der Waals surface area contributed by atoms with Crippen molar-refractivity contribution in [1.82, 2.24) is 9.13 Å². The Labute approximate surface area is 431 Å². The van der Waals surface area contributed by atoms with Crippen molar-refractivity contribution in [2.45, 2.75) is 0 Å². The van der Waals surface area contributed by atoms with Crippen LogP contribution in [0.25, 0.3) is 133 Å². The summed E-state index contributed by atoms with van der Waals surface area (Å²) in [4.78, 5) is 0. The van der Waals surface area contributed by atoms with Gasteiger partial charge in [0, 0.05) is 32.9 Å². The molecule has 2 aromatic heterocycles. The SMILES string of the molecule is c1ccc(-c2ccc(-n3c4ccc(-c5ccc(-c6ccc7c(c6)c6c(-c8ccccc8)cccc6n7-c6cccc(-c7ccccc7)c6)cc5)cc4c4c(-c5cccc(-c6ccccc6)c5)cccc43)cc2)cc1. The molecule has 2 heterocycles. The molecule has 0 aliphatic rings. The monoisotopic (exact) mass is 940 g/mol. The predicted molar refractivity (Wildman–Crippen MR) is 313 cm³/mol. The number of hydrogen-bond donors (Lipinski definition) is 0. The second-order valence-electron chi connectivity index (χ2n) is 19.3. The summed E-state index contributed by atoms with van der Waals surface area (Å²) in [6.45, 7) is 0. The normalized spacial score (nSPS) is 11.5. The molecule has 2 nitrogen and oxygen atoms in total. The first-order valence-corrected chi connectivity index (χ1v) is 25.5. The van der Waals surface area contributed by atoms with Gasteiger partial charge >= 0.3 is 0 Å². The largest absolute Gasteiger partial charge is 0.309 e. The smallest absolute Gasteiger partial charge is 0.0547 e. The van der Waals surface area contributed by atoms with E-state index in [1.165, 1.54) is 122 Å². The summed E-state index contributed by atoms with van der Waals surface area (Å²) in [5.41, 5.74) is 23.8. The van der Waals surface area contributed by atoms with E-state index in [1.807, 2.05) is 0 Å². The van der Waals surface area contributed by atoms with Crippen molar-refractivity contribution in [2.24, 2.45) is 0 Å². The molecule has 0 unspecified atom stereocenters. The summed E-state index contributed by atoms with van der Waals surface area (Å²) < 4.78 is 4.88. The standard InChI is InChI=1S/C72H48N2/c1-5-17-49(18-6-1)52-37-41-61(42-38-52)73-67-43-39-58(47-65(67)72-64(30-16-31-69(72)73)60-27-13-25-56(45-60)50-19-7-2-8-20-50)53-33-35-54(36-34-53)59-40-44-68-66(48-59)71-63(55-23-11-4-12-24-55)29-15-32-70(71)74(68)62-28-14-26-57(46-62)51-21-9-3-10-22-51/h1-48H. The Morgan fingerprint density at radius 1 is 0.176 bits per heavy atom. The third-order valence-electron chi connectivity index (χ3n) is 14.9. The van der Waals surface area contributed by atoms with Crippen LogP contribution in [-0.2, 0) is 0 Å². The lowest BCUT2D eigenvalue weighted by molar-refractivity contribution is 1.18. The first kappa shape index (κ1) is 43.1. The van der Waals surface area contributed by atoms with Crippen molar-refractivity contribution in [1.29, 1.82) is 0 Å². The number of hydrogen-bond acceptors (Lipinski definition) is 0. The van der Waals surface area contributed by atoms with Gasteiger partial charge in [0.05, 0.1) is 22.1 Å². The van der Waals surface area contributed by atoms with Crippen molar-refractivity contribution >= 4 is 43.6 Å². The van der Waals surface area contributed by atoms with E-state index in [-0.39, 0.29) is 0 Å². The minimum absolute atomic E-state index is 1.13. The van der Waals surface area contributed by atoms with Gasteiger partial charge in [-0.25, -0.2) is 0 Å². The van der Waals surface area contributed by atoms with E-state index in [2.05, 4.69) is 300 Å². The molecule has 2 heteroatoms. The fourth-order valence-electron chi connectivity index (χ4n) is 11.4. The van der Waals surface area contributed by atoms with Gasteiger partial charge in [-0.15, -0.1) is 0 Å². The van der Waals surface area contributed by atoms with Gasteiger partial charge in [-0.05, 0) is 145 Å². The molecule has 0 aliphatic carbocycles. The molecule has 0 bridgehead atoms. The zero-order chi connectivity index (χ0) is 49.0. The van der Waals surface area contributed by atoms with E-state index < -0.39 is 0 Å². The molecule has 12 aromatic carbocycles. The van der Waals surface area contributed by atoms with E-state index in [0.29, 0.717) is 0 Å². The maximum Gasteiger partial charge on any atom is 0.0547 e. The van der Waals surface area contributed by atoms with Crippen molar-refractivity contribution in [3.63, 3.8) is 0 Å². The fraction of sp³-hybridized carbons (Fsp3) is 0. The van der Waals surface area contributed by atoms with E-state index >= 15 is 0 Å². The number of fused-ring (bicyclic) bond motifs is 6. The molecule has 0 fully saturated rings. The average molecular weight is 941 g/mol. The molecule has 0 spiro atoms. The van der Waals surface area contributed by atoms with Crippen molar-refractivity contribution in [3.05, 3.63) is 291 Å². The second-order valence-corrected chi connectivity index (χ2v) is 19.3. The third kappa shape index (κ3) is 7.52. The van der Waals surface area contributed by atoms with Gasteiger partial charge < -0.3 is 9.13 Å². The lowest BCUT2D eigenvalue weighted by Gasteiger charge is -2.11. The summed E-state index contributed by atoms with van der Waals surface area (Å²) in [6.07, 6.45) is 0. The molecule has 0 saturated heterocycles. The van der Waals surface area contributed by atoms with Crippen LogP contribution in [0.3, 0.4) is 0 Å². The predicted octanol–water partition coefficient (Wildman–Crippen LogP) is 19.5. The molecule has 74 heavy (non-hydrogen) atoms. The highest BCUT2D eigenvalue weighted by Gasteiger charge is 2.20. The van der Waals surface area contributed by atoms with Crippen LogP contribution in [0.1, 0.15) is 0 Å². The Balaban J connectivity index is 0.890. The average Bonchev–Trinajstić information content (AvgIpc) is 4.01. The Bertz CT molecular complexity index is 4360. The Morgan fingerprint density at radius 3 is 1.04 bits per heavy atom. The van der Waals surface area contributed by atoms with Crippen LogP contribution in [0.5, 0.6) is 0 Å². The Kier molecular flexibility index (Phi) is 10.6. The minimum atomic E-state index is 1.13. The Morgan fingerprint density at radius 2 is 0.514 bits per heavy atom. The van der Waals surface area contributed by atoms with Crippen LogP contribution in [0.2, 0.25) is 0 Å². The molecular formula is C72H48N2. The number of nitrogens with zero attached hydrogens (tertiary/aromatic N) is 2. The number of benzene rings is 12. The highest BCUT2D eigenvalue weighted by molar-refractivity contribution is 6.18. The lowest BCUT2D eigenvalue weighted by Crippen LogP contribution is -1.94. The first-order chi connectivity index (χ1) is 36.7. The first-order valence-electron chi connectivity index (χ1n) is 25.5. The summed E-state index contributed by atoms with van der Waals surface area (Å²) in [5.74, 6) is 0. The zero-order valence-electron chi connectivity index (χ0n) is 40.6. The minimum Gasteiger partial charge on any atom is -0.309 e. The van der Waals surface area contributed by atoms with Gasteiger partial charge in [0.2, 0.25) is 0 Å². The molecule has 0 amide bonds. The highest BCUT2D eigenvalue weighted by atomic mass is 15.0. The van der Waals surface area contributed by atoms with Crippen LogP contribution >= 0.6 is 0 Å². The van der Waals surface area contributed by atoms with Crippen LogP contribution in [0.4, 0.5) is 0 Å². The topological polar surface area (TPSA) is 9.86 Å². The summed E-state index contributed by atoms with van der Waals surface area (Å²) in [6, 6.07) is 106. The van der Waals surface area contributed by atoms with Crippen LogP contribution < -0.4 is 0 Å². The van der Waals surface area contributed by atoms with Gasteiger partial charge in [0.15, 0.2) is 0 Å². The molecular weight excluding hydrogens is 893 g/mol. The lowest BCUT2D eigenvalue weighted by atomic mass is 9.94. The zero-order valence-corrected chi connectivity index (χ0v) is 40.6. The molecule has 0 aliphatic heterocycles. The molecule has 346 valence electrons. The van der Waals surface area contributed by atoms with E-state index in [0.717, 1.165) is 11.4 Å². The van der Waals surface area contributed by atoms with Crippen LogP contribution in [0.15, 0.2) is 291 Å².